The van der Waals surface area contributed by atoms with Crippen molar-refractivity contribution in [3.05, 3.63) is 29.8 Å². The Morgan fingerprint density at radius 3 is 2.73 bits per heavy atom. The van der Waals surface area contributed by atoms with Crippen molar-refractivity contribution < 1.29 is 9.47 Å². The summed E-state index contributed by atoms with van der Waals surface area (Å²) in [7, 11) is 3.47. The lowest BCUT2D eigenvalue weighted by Gasteiger charge is -2.14. The lowest BCUT2D eigenvalue weighted by atomic mass is 10.0. The molecule has 1 heterocycles. The molecule has 1 N–H and O–H groups in total. The van der Waals surface area contributed by atoms with Gasteiger partial charge in [0.1, 0.15) is 5.75 Å². The number of nitrogens with one attached hydrogen (secondary N) is 1. The first-order valence-electron chi connectivity index (χ1n) is 5.24. The fourth-order valence-corrected chi connectivity index (χ4v) is 2.07. The van der Waals surface area contributed by atoms with Crippen LogP contribution in [0.4, 0.5) is 0 Å². The Hall–Kier alpha value is -1.06. The van der Waals surface area contributed by atoms with Gasteiger partial charge in [0.2, 0.25) is 0 Å². The van der Waals surface area contributed by atoms with Crippen LogP contribution in [0, 0.1) is 0 Å². The van der Waals surface area contributed by atoms with E-state index >= 15 is 0 Å². The van der Waals surface area contributed by atoms with Gasteiger partial charge < -0.3 is 14.8 Å². The number of ether oxygens (including phenoxy) is 2. The molecule has 0 radical (unpaired) electrons. The quantitative estimate of drug-likeness (QED) is 0.819. The molecule has 1 fully saturated rings. The lowest BCUT2D eigenvalue weighted by molar-refractivity contribution is 0.117. The third-order valence-electron chi connectivity index (χ3n) is 2.94. The third-order valence-corrected chi connectivity index (χ3v) is 2.94. The van der Waals surface area contributed by atoms with Crippen LogP contribution < -0.4 is 10.1 Å². The number of benzene rings is 1. The number of methoxy groups -OCH3 is 2. The molecule has 1 aliphatic heterocycles. The summed E-state index contributed by atoms with van der Waals surface area (Å²) >= 11 is 0. The minimum absolute atomic E-state index is 0.319. The average Bonchev–Trinajstić information content (AvgIpc) is 2.77. The maximum Gasteiger partial charge on any atom is 0.123 e. The zero-order chi connectivity index (χ0) is 10.7. The number of para-hydroxylation sites is 1. The maximum atomic E-state index is 5.35. The summed E-state index contributed by atoms with van der Waals surface area (Å²) in [5.74, 6) is 0.951. The van der Waals surface area contributed by atoms with Gasteiger partial charge in [0.15, 0.2) is 0 Å². The fraction of sp³-hybridized carbons (Fsp3) is 0.500. The molecule has 0 bridgehead atoms. The van der Waals surface area contributed by atoms with E-state index in [1.54, 1.807) is 14.2 Å². The largest absolute Gasteiger partial charge is 0.496 e. The summed E-state index contributed by atoms with van der Waals surface area (Å²) in [6.45, 7) is 0.916. The van der Waals surface area contributed by atoms with Crippen LogP contribution in [0.25, 0.3) is 0 Å². The van der Waals surface area contributed by atoms with Crippen molar-refractivity contribution >= 4 is 0 Å². The number of hydrogen-bond acceptors (Lipinski definition) is 3. The van der Waals surface area contributed by atoms with Crippen LogP contribution in [0.2, 0.25) is 0 Å². The highest BCUT2D eigenvalue weighted by Crippen LogP contribution is 2.31. The highest BCUT2D eigenvalue weighted by molar-refractivity contribution is 5.36. The first-order valence-corrected chi connectivity index (χ1v) is 5.24. The van der Waals surface area contributed by atoms with E-state index in [1.807, 2.05) is 18.2 Å². The monoisotopic (exact) mass is 207 g/mol. The van der Waals surface area contributed by atoms with Gasteiger partial charge >= 0.3 is 0 Å². The highest BCUT2D eigenvalue weighted by atomic mass is 16.5. The van der Waals surface area contributed by atoms with Crippen molar-refractivity contribution in [1.29, 1.82) is 0 Å². The van der Waals surface area contributed by atoms with Crippen LogP contribution in [0.1, 0.15) is 18.0 Å². The molecular formula is C12H17NO2. The van der Waals surface area contributed by atoms with Crippen molar-refractivity contribution in [2.45, 2.75) is 18.6 Å². The first-order chi connectivity index (χ1) is 7.35. The van der Waals surface area contributed by atoms with Gasteiger partial charge in [-0.2, -0.15) is 0 Å². The summed E-state index contributed by atoms with van der Waals surface area (Å²) in [6, 6.07) is 8.49. The van der Waals surface area contributed by atoms with Crippen molar-refractivity contribution in [3.8, 4) is 5.75 Å². The normalized spacial score (nSPS) is 25.5. The Kier molecular flexibility index (Phi) is 3.23. The molecule has 2 atom stereocenters. The molecule has 0 saturated carbocycles. The Balaban J connectivity index is 2.16. The van der Waals surface area contributed by atoms with Gasteiger partial charge in [0, 0.05) is 25.3 Å². The molecule has 0 aliphatic carbocycles. The predicted octanol–water partition coefficient (Wildman–Crippen LogP) is 1.74. The van der Waals surface area contributed by atoms with E-state index in [0.717, 1.165) is 18.7 Å². The zero-order valence-corrected chi connectivity index (χ0v) is 9.19. The summed E-state index contributed by atoms with van der Waals surface area (Å²) in [6.07, 6.45) is 1.33. The number of rotatable bonds is 3. The van der Waals surface area contributed by atoms with E-state index in [2.05, 4.69) is 11.4 Å². The van der Waals surface area contributed by atoms with Crippen LogP contribution in [-0.4, -0.2) is 26.9 Å². The SMILES string of the molecule is COc1ccccc1C1CC(OC)CN1. The highest BCUT2D eigenvalue weighted by Gasteiger charge is 2.26. The topological polar surface area (TPSA) is 30.5 Å². The molecule has 0 amide bonds. The summed E-state index contributed by atoms with van der Waals surface area (Å²) in [5, 5.41) is 3.44. The van der Waals surface area contributed by atoms with Crippen molar-refractivity contribution in [3.63, 3.8) is 0 Å². The fourth-order valence-electron chi connectivity index (χ4n) is 2.07. The molecule has 15 heavy (non-hydrogen) atoms. The van der Waals surface area contributed by atoms with Crippen molar-refractivity contribution in [2.75, 3.05) is 20.8 Å². The molecule has 3 heteroatoms. The second-order valence-corrected chi connectivity index (χ2v) is 3.80. The van der Waals surface area contributed by atoms with Gasteiger partial charge in [0.25, 0.3) is 0 Å². The van der Waals surface area contributed by atoms with E-state index in [0.29, 0.717) is 12.1 Å². The average molecular weight is 207 g/mol. The lowest BCUT2D eigenvalue weighted by Crippen LogP contribution is -2.16. The van der Waals surface area contributed by atoms with Crippen LogP contribution in [-0.2, 0) is 4.74 Å². The third kappa shape index (κ3) is 2.13. The van der Waals surface area contributed by atoms with Crippen molar-refractivity contribution in [2.24, 2.45) is 0 Å². The van der Waals surface area contributed by atoms with E-state index in [-0.39, 0.29) is 0 Å². The van der Waals surface area contributed by atoms with Gasteiger partial charge in [-0.25, -0.2) is 0 Å². The molecule has 3 nitrogen and oxygen atoms in total. The van der Waals surface area contributed by atoms with Crippen molar-refractivity contribution in [1.82, 2.24) is 5.32 Å². The molecule has 1 aliphatic rings. The molecular weight excluding hydrogens is 190 g/mol. The second-order valence-electron chi connectivity index (χ2n) is 3.80. The molecule has 0 spiro atoms. The van der Waals surface area contributed by atoms with Gasteiger partial charge in [0.05, 0.1) is 13.2 Å². The van der Waals surface area contributed by atoms with Crippen LogP contribution >= 0.6 is 0 Å². The Labute approximate surface area is 90.4 Å². The Bertz CT molecular complexity index is 327. The summed E-state index contributed by atoms with van der Waals surface area (Å²) < 4.78 is 10.7. The Morgan fingerprint density at radius 2 is 2.07 bits per heavy atom. The number of hydrogen-bond donors (Lipinski definition) is 1. The minimum atomic E-state index is 0.319. The molecule has 1 aromatic carbocycles. The second kappa shape index (κ2) is 4.64. The van der Waals surface area contributed by atoms with Gasteiger partial charge in [-0.3, -0.25) is 0 Å². The molecule has 2 unspecified atom stereocenters. The molecule has 2 rings (SSSR count). The molecule has 1 aromatic rings. The van der Waals surface area contributed by atoms with E-state index in [9.17, 15) is 0 Å². The minimum Gasteiger partial charge on any atom is -0.496 e. The maximum absolute atomic E-state index is 5.35. The van der Waals surface area contributed by atoms with Gasteiger partial charge in [-0.15, -0.1) is 0 Å². The van der Waals surface area contributed by atoms with Crippen LogP contribution in [0.3, 0.4) is 0 Å². The Morgan fingerprint density at radius 1 is 1.27 bits per heavy atom. The summed E-state index contributed by atoms with van der Waals surface area (Å²) in [4.78, 5) is 0. The van der Waals surface area contributed by atoms with Crippen LogP contribution in [0.15, 0.2) is 24.3 Å². The molecule has 82 valence electrons. The predicted molar refractivity (Wildman–Crippen MR) is 59.2 cm³/mol. The van der Waals surface area contributed by atoms with Gasteiger partial charge in [-0.1, -0.05) is 18.2 Å². The molecule has 0 aromatic heterocycles. The van der Waals surface area contributed by atoms with E-state index in [4.69, 9.17) is 9.47 Å². The van der Waals surface area contributed by atoms with E-state index < -0.39 is 0 Å². The molecule has 1 saturated heterocycles. The van der Waals surface area contributed by atoms with E-state index in [1.165, 1.54) is 5.56 Å². The van der Waals surface area contributed by atoms with Crippen LogP contribution in [0.5, 0.6) is 5.75 Å². The summed E-state index contributed by atoms with van der Waals surface area (Å²) in [5.41, 5.74) is 1.22. The van der Waals surface area contributed by atoms with Gasteiger partial charge in [-0.05, 0) is 12.5 Å². The smallest absolute Gasteiger partial charge is 0.123 e. The zero-order valence-electron chi connectivity index (χ0n) is 9.19. The first kappa shape index (κ1) is 10.5. The standard InChI is InChI=1S/C12H17NO2/c1-14-9-7-11(13-8-9)10-5-3-4-6-12(10)15-2/h3-6,9,11,13H,7-8H2,1-2H3.